The quantitative estimate of drug-likeness (QED) is 0.709. The van der Waals surface area contributed by atoms with Crippen LogP contribution in [-0.4, -0.2) is 22.8 Å². The molecule has 0 aromatic carbocycles. The third kappa shape index (κ3) is 1.63. The van der Waals surface area contributed by atoms with Gasteiger partial charge in [-0.2, -0.15) is 5.10 Å². The number of rotatable bonds is 1. The van der Waals surface area contributed by atoms with E-state index in [2.05, 4.69) is 23.4 Å². The highest BCUT2D eigenvalue weighted by Crippen LogP contribution is 2.26. The van der Waals surface area contributed by atoms with E-state index in [1.807, 2.05) is 16.8 Å². The van der Waals surface area contributed by atoms with Crippen molar-refractivity contribution in [3.8, 4) is 0 Å². The zero-order chi connectivity index (χ0) is 10.1. The van der Waals surface area contributed by atoms with Crippen molar-refractivity contribution in [2.75, 3.05) is 13.2 Å². The van der Waals surface area contributed by atoms with Crippen LogP contribution in [0.1, 0.15) is 24.3 Å². The first-order chi connectivity index (χ1) is 7.43. The fourth-order valence-electron chi connectivity index (χ4n) is 2.20. The van der Waals surface area contributed by atoms with Crippen molar-refractivity contribution < 1.29 is 4.74 Å². The van der Waals surface area contributed by atoms with Crippen molar-refractivity contribution in [3.05, 3.63) is 36.2 Å². The summed E-state index contributed by atoms with van der Waals surface area (Å²) in [7, 11) is 0. The van der Waals surface area contributed by atoms with E-state index in [1.54, 1.807) is 0 Å². The molecule has 0 N–H and O–H groups in total. The van der Waals surface area contributed by atoms with Crippen LogP contribution in [0.2, 0.25) is 0 Å². The van der Waals surface area contributed by atoms with Gasteiger partial charge in [-0.05, 0) is 36.5 Å². The number of fused-ring (bicyclic) bond motifs is 1. The van der Waals surface area contributed by atoms with Crippen LogP contribution in [0.15, 0.2) is 30.6 Å². The minimum Gasteiger partial charge on any atom is -0.381 e. The summed E-state index contributed by atoms with van der Waals surface area (Å²) < 4.78 is 7.32. The Labute approximate surface area is 88.7 Å². The van der Waals surface area contributed by atoms with Gasteiger partial charge in [0.2, 0.25) is 0 Å². The molecular formula is C12H14N2O. The summed E-state index contributed by atoms with van der Waals surface area (Å²) in [4.78, 5) is 0. The largest absolute Gasteiger partial charge is 0.381 e. The average Bonchev–Trinajstić information content (AvgIpc) is 2.77. The van der Waals surface area contributed by atoms with Gasteiger partial charge in [0.15, 0.2) is 0 Å². The van der Waals surface area contributed by atoms with Gasteiger partial charge in [0, 0.05) is 25.6 Å². The normalized spacial score (nSPS) is 18.4. The fraction of sp³-hybridized carbons (Fsp3) is 0.417. The van der Waals surface area contributed by atoms with Crippen LogP contribution >= 0.6 is 0 Å². The van der Waals surface area contributed by atoms with Crippen molar-refractivity contribution in [3.63, 3.8) is 0 Å². The van der Waals surface area contributed by atoms with Gasteiger partial charge in [-0.15, -0.1) is 0 Å². The minimum absolute atomic E-state index is 0.646. The minimum atomic E-state index is 0.646. The first-order valence-electron chi connectivity index (χ1n) is 5.44. The topological polar surface area (TPSA) is 26.5 Å². The smallest absolute Gasteiger partial charge is 0.0661 e. The number of ether oxygens (including phenoxy) is 1. The zero-order valence-electron chi connectivity index (χ0n) is 8.60. The second kappa shape index (κ2) is 3.66. The maximum atomic E-state index is 5.37. The van der Waals surface area contributed by atoms with Crippen LogP contribution in [0.5, 0.6) is 0 Å². The predicted molar refractivity (Wildman–Crippen MR) is 58.0 cm³/mol. The average molecular weight is 202 g/mol. The van der Waals surface area contributed by atoms with E-state index >= 15 is 0 Å². The van der Waals surface area contributed by atoms with E-state index in [9.17, 15) is 0 Å². The van der Waals surface area contributed by atoms with Gasteiger partial charge in [0.05, 0.1) is 5.52 Å². The molecule has 0 saturated carbocycles. The van der Waals surface area contributed by atoms with Crippen LogP contribution in [0.3, 0.4) is 0 Å². The summed E-state index contributed by atoms with van der Waals surface area (Å²) in [5.74, 6) is 0.646. The Hall–Kier alpha value is -1.35. The molecule has 15 heavy (non-hydrogen) atoms. The second-order valence-corrected chi connectivity index (χ2v) is 4.05. The van der Waals surface area contributed by atoms with Gasteiger partial charge in [0.1, 0.15) is 0 Å². The molecule has 3 heteroatoms. The van der Waals surface area contributed by atoms with Crippen LogP contribution in [0.25, 0.3) is 5.52 Å². The second-order valence-electron chi connectivity index (χ2n) is 4.05. The molecule has 0 unspecified atom stereocenters. The molecule has 3 nitrogen and oxygen atoms in total. The van der Waals surface area contributed by atoms with Crippen molar-refractivity contribution in [1.29, 1.82) is 0 Å². The van der Waals surface area contributed by atoms with Gasteiger partial charge in [0.25, 0.3) is 0 Å². The van der Waals surface area contributed by atoms with Crippen LogP contribution in [0.4, 0.5) is 0 Å². The van der Waals surface area contributed by atoms with Gasteiger partial charge >= 0.3 is 0 Å². The molecule has 1 saturated heterocycles. The summed E-state index contributed by atoms with van der Waals surface area (Å²) in [6.45, 7) is 1.78. The number of hydrogen-bond acceptors (Lipinski definition) is 2. The lowest BCUT2D eigenvalue weighted by Crippen LogP contribution is -2.14. The van der Waals surface area contributed by atoms with Crippen molar-refractivity contribution >= 4 is 5.52 Å². The molecule has 2 aromatic rings. The fourth-order valence-corrected chi connectivity index (χ4v) is 2.20. The Balaban J connectivity index is 1.95. The van der Waals surface area contributed by atoms with Gasteiger partial charge in [-0.3, -0.25) is 0 Å². The Morgan fingerprint density at radius 2 is 2.07 bits per heavy atom. The zero-order valence-corrected chi connectivity index (χ0v) is 8.60. The highest BCUT2D eigenvalue weighted by atomic mass is 16.5. The first-order valence-corrected chi connectivity index (χ1v) is 5.44. The molecule has 0 bridgehead atoms. The lowest BCUT2D eigenvalue weighted by atomic mass is 9.93. The van der Waals surface area contributed by atoms with E-state index in [4.69, 9.17) is 4.74 Å². The van der Waals surface area contributed by atoms with E-state index in [1.165, 1.54) is 5.56 Å². The molecule has 1 aliphatic rings. The first kappa shape index (κ1) is 8.92. The number of aromatic nitrogens is 2. The lowest BCUT2D eigenvalue weighted by Gasteiger charge is -2.22. The third-order valence-corrected chi connectivity index (χ3v) is 3.11. The molecule has 0 atom stereocenters. The summed E-state index contributed by atoms with van der Waals surface area (Å²) in [6, 6.07) is 6.37. The molecular weight excluding hydrogens is 188 g/mol. The van der Waals surface area contributed by atoms with E-state index in [0.717, 1.165) is 31.6 Å². The van der Waals surface area contributed by atoms with Crippen LogP contribution in [0, 0.1) is 0 Å². The molecule has 0 amide bonds. The van der Waals surface area contributed by atoms with Crippen LogP contribution < -0.4 is 0 Å². The van der Waals surface area contributed by atoms with Crippen molar-refractivity contribution in [1.82, 2.24) is 9.61 Å². The Morgan fingerprint density at radius 1 is 1.20 bits per heavy atom. The molecule has 0 spiro atoms. The standard InChI is InChI=1S/C12H14N2O/c1-2-12-3-6-13-14(12)9-11(1)10-4-7-15-8-5-10/h1-3,6,9-10H,4-5,7-8H2. The Kier molecular flexibility index (Phi) is 2.18. The highest BCUT2D eigenvalue weighted by Gasteiger charge is 2.16. The molecule has 1 aliphatic heterocycles. The maximum absolute atomic E-state index is 5.37. The lowest BCUT2D eigenvalue weighted by molar-refractivity contribution is 0.0852. The third-order valence-electron chi connectivity index (χ3n) is 3.11. The molecule has 0 aliphatic carbocycles. The van der Waals surface area contributed by atoms with E-state index < -0.39 is 0 Å². The van der Waals surface area contributed by atoms with Gasteiger partial charge in [-0.25, -0.2) is 4.52 Å². The molecule has 0 radical (unpaired) electrons. The molecule has 2 aromatic heterocycles. The molecule has 3 rings (SSSR count). The summed E-state index contributed by atoms with van der Waals surface area (Å²) in [5.41, 5.74) is 2.54. The van der Waals surface area contributed by atoms with E-state index in [0.29, 0.717) is 5.92 Å². The molecule has 3 heterocycles. The van der Waals surface area contributed by atoms with Gasteiger partial charge in [-0.1, -0.05) is 6.07 Å². The molecule has 1 fully saturated rings. The summed E-state index contributed by atoms with van der Waals surface area (Å²) in [6.07, 6.45) is 6.24. The SMILES string of the molecule is c1cc2ccc(C3CCOCC3)cn2n1. The Bertz CT molecular complexity index is 457. The number of pyridine rings is 1. The number of hydrogen-bond donors (Lipinski definition) is 0. The van der Waals surface area contributed by atoms with Crippen molar-refractivity contribution in [2.24, 2.45) is 0 Å². The van der Waals surface area contributed by atoms with E-state index in [-0.39, 0.29) is 0 Å². The Morgan fingerprint density at radius 3 is 2.93 bits per heavy atom. The number of nitrogens with zero attached hydrogens (tertiary/aromatic N) is 2. The summed E-state index contributed by atoms with van der Waals surface area (Å²) in [5, 5.41) is 4.26. The summed E-state index contributed by atoms with van der Waals surface area (Å²) >= 11 is 0. The maximum Gasteiger partial charge on any atom is 0.0661 e. The van der Waals surface area contributed by atoms with Crippen molar-refractivity contribution in [2.45, 2.75) is 18.8 Å². The monoisotopic (exact) mass is 202 g/mol. The van der Waals surface area contributed by atoms with Gasteiger partial charge < -0.3 is 4.74 Å². The molecule has 78 valence electrons. The predicted octanol–water partition coefficient (Wildman–Crippen LogP) is 2.23. The highest BCUT2D eigenvalue weighted by molar-refractivity contribution is 5.46. The van der Waals surface area contributed by atoms with Crippen LogP contribution in [-0.2, 0) is 4.74 Å².